The third-order valence-electron chi connectivity index (χ3n) is 3.62. The molecule has 1 amide bonds. The van der Waals surface area contributed by atoms with Crippen LogP contribution >= 0.6 is 23.2 Å². The van der Waals surface area contributed by atoms with Gasteiger partial charge in [-0.1, -0.05) is 35.3 Å². The van der Waals surface area contributed by atoms with Gasteiger partial charge < -0.3 is 5.11 Å². The van der Waals surface area contributed by atoms with Crippen molar-refractivity contribution in [2.24, 2.45) is 5.10 Å². The predicted molar refractivity (Wildman–Crippen MR) is 102 cm³/mol. The average Bonchev–Trinajstić information content (AvgIpc) is 3.09. The zero-order valence-corrected chi connectivity index (χ0v) is 15.1. The fourth-order valence-corrected chi connectivity index (χ4v) is 2.77. The minimum absolute atomic E-state index is 0.126. The molecule has 1 heterocycles. The maximum absolute atomic E-state index is 12.2. The quantitative estimate of drug-likeness (QED) is 0.460. The van der Waals surface area contributed by atoms with E-state index < -0.39 is 5.91 Å². The molecule has 0 saturated carbocycles. The lowest BCUT2D eigenvalue weighted by Gasteiger charge is -2.02. The van der Waals surface area contributed by atoms with Gasteiger partial charge in [0.25, 0.3) is 5.91 Å². The van der Waals surface area contributed by atoms with Gasteiger partial charge in [-0.05, 0) is 43.3 Å². The number of nitrogens with zero attached hydrogens (tertiary/aromatic N) is 2. The van der Waals surface area contributed by atoms with E-state index in [9.17, 15) is 9.90 Å². The molecule has 0 radical (unpaired) electrons. The Labute approximate surface area is 159 Å². The van der Waals surface area contributed by atoms with Crippen LogP contribution in [0.25, 0.3) is 11.3 Å². The minimum atomic E-state index is -0.451. The Kier molecular flexibility index (Phi) is 5.25. The number of nitrogens with one attached hydrogen (secondary N) is 2. The first kappa shape index (κ1) is 18.0. The number of benzene rings is 2. The summed E-state index contributed by atoms with van der Waals surface area (Å²) in [5, 5.41) is 21.2. The standard InChI is InChI=1S/C18H14Cl2N4O2/c1-10(11-3-2-4-13(25)7-11)21-24-18(26)17-9-16(22-23-17)14-6-5-12(19)8-15(14)20/h2-9,25H,1H3,(H,22,23)(H,24,26)/b21-10+. The highest BCUT2D eigenvalue weighted by Gasteiger charge is 2.13. The van der Waals surface area contributed by atoms with Crippen molar-refractivity contribution >= 4 is 34.8 Å². The third-order valence-corrected chi connectivity index (χ3v) is 4.17. The number of rotatable bonds is 4. The lowest BCUT2D eigenvalue weighted by atomic mass is 10.1. The Hall–Kier alpha value is -2.83. The van der Waals surface area contributed by atoms with E-state index in [4.69, 9.17) is 23.2 Å². The number of carbonyl (C=O) groups excluding carboxylic acids is 1. The van der Waals surface area contributed by atoms with Crippen LogP contribution in [0.5, 0.6) is 5.75 Å². The Morgan fingerprint density at radius 2 is 2.00 bits per heavy atom. The summed E-state index contributed by atoms with van der Waals surface area (Å²) in [6.07, 6.45) is 0. The zero-order valence-electron chi connectivity index (χ0n) is 13.6. The van der Waals surface area contributed by atoms with E-state index in [0.29, 0.717) is 32.6 Å². The van der Waals surface area contributed by atoms with E-state index >= 15 is 0 Å². The van der Waals surface area contributed by atoms with Gasteiger partial charge in [-0.15, -0.1) is 0 Å². The summed E-state index contributed by atoms with van der Waals surface area (Å²) in [5.41, 5.74) is 5.11. The van der Waals surface area contributed by atoms with Crippen LogP contribution in [-0.4, -0.2) is 26.9 Å². The van der Waals surface area contributed by atoms with Crippen molar-refractivity contribution in [2.45, 2.75) is 6.92 Å². The van der Waals surface area contributed by atoms with Crippen LogP contribution in [0.15, 0.2) is 53.6 Å². The minimum Gasteiger partial charge on any atom is -0.508 e. The first-order valence-corrected chi connectivity index (χ1v) is 8.34. The largest absolute Gasteiger partial charge is 0.508 e. The fraction of sp³-hybridized carbons (Fsp3) is 0.0556. The van der Waals surface area contributed by atoms with Gasteiger partial charge in [0, 0.05) is 16.1 Å². The SMILES string of the molecule is C/C(=N\NC(=O)c1cc(-c2ccc(Cl)cc2Cl)n[nH]1)c1cccc(O)c1. The van der Waals surface area contributed by atoms with Gasteiger partial charge >= 0.3 is 0 Å². The van der Waals surface area contributed by atoms with Crippen LogP contribution in [0, 0.1) is 0 Å². The number of phenols is 1. The molecule has 132 valence electrons. The molecule has 0 atom stereocenters. The van der Waals surface area contributed by atoms with Gasteiger partial charge in [-0.25, -0.2) is 5.43 Å². The Bertz CT molecular complexity index is 998. The normalized spacial score (nSPS) is 11.4. The number of halogens is 2. The van der Waals surface area contributed by atoms with E-state index in [2.05, 4.69) is 20.7 Å². The number of hydrazone groups is 1. The van der Waals surface area contributed by atoms with E-state index in [0.717, 1.165) is 0 Å². The van der Waals surface area contributed by atoms with E-state index in [1.807, 2.05) is 0 Å². The molecule has 1 aromatic heterocycles. The number of amides is 1. The molecule has 0 aliphatic heterocycles. The van der Waals surface area contributed by atoms with Crippen molar-refractivity contribution in [3.8, 4) is 17.0 Å². The maximum atomic E-state index is 12.2. The highest BCUT2D eigenvalue weighted by Crippen LogP contribution is 2.29. The third kappa shape index (κ3) is 4.04. The monoisotopic (exact) mass is 388 g/mol. The van der Waals surface area contributed by atoms with Gasteiger partial charge in [-0.3, -0.25) is 9.89 Å². The van der Waals surface area contributed by atoms with Gasteiger partial charge in [0.2, 0.25) is 0 Å². The topological polar surface area (TPSA) is 90.4 Å². The van der Waals surface area contributed by atoms with Crippen molar-refractivity contribution in [2.75, 3.05) is 0 Å². The molecule has 6 nitrogen and oxygen atoms in total. The second kappa shape index (κ2) is 7.59. The molecule has 3 rings (SSSR count). The summed E-state index contributed by atoms with van der Waals surface area (Å²) >= 11 is 12.0. The Balaban J connectivity index is 1.75. The van der Waals surface area contributed by atoms with Crippen LogP contribution in [0.2, 0.25) is 10.0 Å². The molecular weight excluding hydrogens is 375 g/mol. The zero-order chi connectivity index (χ0) is 18.7. The van der Waals surface area contributed by atoms with Crippen molar-refractivity contribution < 1.29 is 9.90 Å². The summed E-state index contributed by atoms with van der Waals surface area (Å²) in [6.45, 7) is 1.72. The molecule has 3 N–H and O–H groups in total. The Morgan fingerprint density at radius 3 is 2.73 bits per heavy atom. The van der Waals surface area contributed by atoms with Gasteiger partial charge in [-0.2, -0.15) is 10.2 Å². The molecule has 26 heavy (non-hydrogen) atoms. The summed E-state index contributed by atoms with van der Waals surface area (Å²) in [5.74, 6) is -0.324. The lowest BCUT2D eigenvalue weighted by Crippen LogP contribution is -2.19. The molecule has 0 saturated heterocycles. The van der Waals surface area contributed by atoms with Gasteiger partial charge in [0.05, 0.1) is 16.4 Å². The maximum Gasteiger partial charge on any atom is 0.289 e. The molecule has 8 heteroatoms. The first-order valence-electron chi connectivity index (χ1n) is 7.59. The summed E-state index contributed by atoms with van der Waals surface area (Å²) in [4.78, 5) is 12.2. The number of H-pyrrole nitrogens is 1. The molecular formula is C18H14Cl2N4O2. The smallest absolute Gasteiger partial charge is 0.289 e. The van der Waals surface area contributed by atoms with E-state index in [1.165, 1.54) is 0 Å². The van der Waals surface area contributed by atoms with Crippen molar-refractivity contribution in [1.82, 2.24) is 15.6 Å². The summed E-state index contributed by atoms with van der Waals surface area (Å²) < 4.78 is 0. The number of aromatic hydroxyl groups is 1. The highest BCUT2D eigenvalue weighted by atomic mass is 35.5. The van der Waals surface area contributed by atoms with Gasteiger partial charge in [0.15, 0.2) is 0 Å². The first-order chi connectivity index (χ1) is 12.4. The predicted octanol–water partition coefficient (Wildman–Crippen LogP) is 4.24. The van der Waals surface area contributed by atoms with Crippen LogP contribution in [-0.2, 0) is 0 Å². The van der Waals surface area contributed by atoms with Crippen LogP contribution in [0.4, 0.5) is 0 Å². The van der Waals surface area contributed by atoms with Crippen LogP contribution in [0.1, 0.15) is 23.0 Å². The molecule has 0 aliphatic rings. The average molecular weight is 389 g/mol. The number of hydrogen-bond acceptors (Lipinski definition) is 4. The second-order valence-corrected chi connectivity index (χ2v) is 6.32. The van der Waals surface area contributed by atoms with Crippen LogP contribution in [0.3, 0.4) is 0 Å². The number of phenolic OH excluding ortho intramolecular Hbond substituents is 1. The molecule has 0 fully saturated rings. The lowest BCUT2D eigenvalue weighted by molar-refractivity contribution is 0.0950. The molecule has 2 aromatic carbocycles. The Morgan fingerprint density at radius 1 is 1.19 bits per heavy atom. The molecule has 0 spiro atoms. The van der Waals surface area contributed by atoms with Crippen molar-refractivity contribution in [3.05, 3.63) is 69.8 Å². The van der Waals surface area contributed by atoms with E-state index in [1.54, 1.807) is 55.5 Å². The molecule has 0 aliphatic carbocycles. The molecule has 0 unspecified atom stereocenters. The van der Waals surface area contributed by atoms with Crippen molar-refractivity contribution in [3.63, 3.8) is 0 Å². The highest BCUT2D eigenvalue weighted by molar-refractivity contribution is 6.36. The number of aromatic amines is 1. The summed E-state index contributed by atoms with van der Waals surface area (Å²) in [6, 6.07) is 13.2. The van der Waals surface area contributed by atoms with E-state index in [-0.39, 0.29) is 11.4 Å². The van der Waals surface area contributed by atoms with Crippen molar-refractivity contribution in [1.29, 1.82) is 0 Å². The molecule has 3 aromatic rings. The fourth-order valence-electron chi connectivity index (χ4n) is 2.26. The van der Waals surface area contributed by atoms with Gasteiger partial charge in [0.1, 0.15) is 11.4 Å². The van der Waals surface area contributed by atoms with Crippen LogP contribution < -0.4 is 5.43 Å². The second-order valence-electron chi connectivity index (χ2n) is 5.48. The number of aromatic nitrogens is 2. The molecule has 0 bridgehead atoms. The number of hydrogen-bond donors (Lipinski definition) is 3. The summed E-state index contributed by atoms with van der Waals surface area (Å²) in [7, 11) is 0. The number of carbonyl (C=O) groups is 1.